The monoisotopic (exact) mass is 392 g/mol. The molecule has 1 heterocycles. The first-order chi connectivity index (χ1) is 13.7. The number of aromatic nitrogens is 3. The first-order valence-electron chi connectivity index (χ1n) is 9.64. The predicted molar refractivity (Wildman–Crippen MR) is 113 cm³/mol. The van der Waals surface area contributed by atoms with Gasteiger partial charge in [0, 0.05) is 12.1 Å². The van der Waals surface area contributed by atoms with Crippen molar-refractivity contribution in [2.45, 2.75) is 37.0 Å². The summed E-state index contributed by atoms with van der Waals surface area (Å²) in [5, 5.41) is 12.4. The molecule has 6 heteroatoms. The first kappa shape index (κ1) is 18.7. The average Bonchev–Trinajstić information content (AvgIpc) is 3.50. The molecule has 1 N–H and O–H groups in total. The average molecular weight is 393 g/mol. The molecule has 0 bridgehead atoms. The van der Waals surface area contributed by atoms with Gasteiger partial charge >= 0.3 is 0 Å². The third-order valence-corrected chi connectivity index (χ3v) is 5.88. The van der Waals surface area contributed by atoms with Crippen molar-refractivity contribution in [2.75, 3.05) is 5.75 Å². The molecule has 0 aliphatic heterocycles. The Morgan fingerprint density at radius 3 is 2.79 bits per heavy atom. The van der Waals surface area contributed by atoms with Crippen LogP contribution in [-0.2, 0) is 11.3 Å². The van der Waals surface area contributed by atoms with Crippen molar-refractivity contribution in [1.82, 2.24) is 20.1 Å². The normalized spacial score (nSPS) is 18.6. The summed E-state index contributed by atoms with van der Waals surface area (Å²) in [6, 6.07) is 10.0. The Hall–Kier alpha value is -2.60. The Bertz CT molecular complexity index is 912. The Balaban J connectivity index is 1.35. The topological polar surface area (TPSA) is 59.8 Å². The van der Waals surface area contributed by atoms with E-state index in [1.165, 1.54) is 30.2 Å². The number of allylic oxidation sites excluding steroid dienone is 3. The molecule has 1 unspecified atom stereocenters. The van der Waals surface area contributed by atoms with Crippen LogP contribution in [0.5, 0.6) is 0 Å². The summed E-state index contributed by atoms with van der Waals surface area (Å²) in [4.78, 5) is 12.4. The van der Waals surface area contributed by atoms with Gasteiger partial charge in [-0.15, -0.1) is 16.8 Å². The van der Waals surface area contributed by atoms with E-state index >= 15 is 0 Å². The molecule has 1 aromatic carbocycles. The van der Waals surface area contributed by atoms with Crippen molar-refractivity contribution in [3.8, 4) is 11.4 Å². The summed E-state index contributed by atoms with van der Waals surface area (Å²) in [6.45, 7) is 4.43. The van der Waals surface area contributed by atoms with Crippen LogP contribution in [0.1, 0.15) is 19.3 Å². The van der Waals surface area contributed by atoms with Crippen LogP contribution in [0.3, 0.4) is 0 Å². The third-order valence-electron chi connectivity index (χ3n) is 4.92. The molecule has 2 aliphatic carbocycles. The molecular formula is C22H24N4OS. The zero-order valence-electron chi connectivity index (χ0n) is 15.8. The van der Waals surface area contributed by atoms with Crippen molar-refractivity contribution in [3.05, 3.63) is 66.8 Å². The van der Waals surface area contributed by atoms with Gasteiger partial charge < -0.3 is 5.32 Å². The second kappa shape index (κ2) is 8.61. The van der Waals surface area contributed by atoms with Crippen molar-refractivity contribution in [2.24, 2.45) is 5.92 Å². The molecular weight excluding hydrogens is 368 g/mol. The number of nitrogens with one attached hydrogen (secondary N) is 1. The quantitative estimate of drug-likeness (QED) is 0.545. The fourth-order valence-electron chi connectivity index (χ4n) is 3.33. The van der Waals surface area contributed by atoms with E-state index in [2.05, 4.69) is 40.3 Å². The number of benzene rings is 1. The maximum Gasteiger partial charge on any atom is 0.230 e. The molecule has 0 saturated heterocycles. The lowest BCUT2D eigenvalue weighted by atomic mass is 10.00. The van der Waals surface area contributed by atoms with Gasteiger partial charge in [0.25, 0.3) is 0 Å². The van der Waals surface area contributed by atoms with Gasteiger partial charge in [-0.3, -0.25) is 9.36 Å². The van der Waals surface area contributed by atoms with E-state index in [9.17, 15) is 4.79 Å². The summed E-state index contributed by atoms with van der Waals surface area (Å²) in [5.74, 6) is 1.88. The van der Waals surface area contributed by atoms with Gasteiger partial charge in [0.15, 0.2) is 11.0 Å². The van der Waals surface area contributed by atoms with Crippen LogP contribution in [-0.4, -0.2) is 32.5 Å². The number of thioether (sulfide) groups is 1. The van der Waals surface area contributed by atoms with Gasteiger partial charge in [-0.25, -0.2) is 0 Å². The van der Waals surface area contributed by atoms with Crippen molar-refractivity contribution in [3.63, 3.8) is 0 Å². The van der Waals surface area contributed by atoms with E-state index in [1.54, 1.807) is 0 Å². The minimum absolute atomic E-state index is 0.0114. The molecule has 4 rings (SSSR count). The number of hydrogen-bond donors (Lipinski definition) is 1. The summed E-state index contributed by atoms with van der Waals surface area (Å²) in [6.07, 6.45) is 11.9. The van der Waals surface area contributed by atoms with Gasteiger partial charge in [-0.05, 0) is 30.8 Å². The van der Waals surface area contributed by atoms with E-state index in [-0.39, 0.29) is 11.9 Å². The lowest BCUT2D eigenvalue weighted by Gasteiger charge is -2.17. The first-order valence-corrected chi connectivity index (χ1v) is 10.6. The summed E-state index contributed by atoms with van der Waals surface area (Å²) < 4.78 is 1.99. The van der Waals surface area contributed by atoms with Crippen LogP contribution in [0, 0.1) is 5.92 Å². The highest BCUT2D eigenvalue weighted by atomic mass is 32.2. The minimum atomic E-state index is 0.0114. The zero-order chi connectivity index (χ0) is 19.3. The highest BCUT2D eigenvalue weighted by molar-refractivity contribution is 7.99. The largest absolute Gasteiger partial charge is 0.349 e. The lowest BCUT2D eigenvalue weighted by molar-refractivity contribution is -0.118. The minimum Gasteiger partial charge on any atom is -0.349 e. The molecule has 0 spiro atoms. The van der Waals surface area contributed by atoms with E-state index in [0.717, 1.165) is 28.9 Å². The second-order valence-electron chi connectivity index (χ2n) is 7.11. The maximum absolute atomic E-state index is 12.4. The van der Waals surface area contributed by atoms with Crippen LogP contribution < -0.4 is 5.32 Å². The highest BCUT2D eigenvalue weighted by Crippen LogP contribution is 2.38. The second-order valence-corrected chi connectivity index (χ2v) is 8.05. The molecule has 1 atom stereocenters. The Morgan fingerprint density at radius 2 is 2.11 bits per heavy atom. The summed E-state index contributed by atoms with van der Waals surface area (Å²) in [7, 11) is 0. The van der Waals surface area contributed by atoms with E-state index in [4.69, 9.17) is 0 Å². The van der Waals surface area contributed by atoms with Gasteiger partial charge in [0.05, 0.1) is 11.8 Å². The van der Waals surface area contributed by atoms with Gasteiger partial charge in [-0.1, -0.05) is 66.4 Å². The fraction of sp³-hybridized carbons (Fsp3) is 0.318. The summed E-state index contributed by atoms with van der Waals surface area (Å²) >= 11 is 1.40. The molecule has 1 fully saturated rings. The molecule has 1 amide bonds. The lowest BCUT2D eigenvalue weighted by Crippen LogP contribution is -2.35. The molecule has 5 nitrogen and oxygen atoms in total. The number of amides is 1. The Kier molecular flexibility index (Phi) is 5.76. The zero-order valence-corrected chi connectivity index (χ0v) is 16.6. The van der Waals surface area contributed by atoms with Gasteiger partial charge in [0.1, 0.15) is 0 Å². The molecule has 28 heavy (non-hydrogen) atoms. The summed E-state index contributed by atoms with van der Waals surface area (Å²) in [5.41, 5.74) is 2.43. The van der Waals surface area contributed by atoms with Crippen molar-refractivity contribution < 1.29 is 4.79 Å². The number of carbonyl (C=O) groups is 1. The molecule has 0 radical (unpaired) electrons. The van der Waals surface area contributed by atoms with Crippen LogP contribution in [0.2, 0.25) is 0 Å². The molecule has 2 aliphatic rings. The molecule has 1 saturated carbocycles. The van der Waals surface area contributed by atoms with Gasteiger partial charge in [-0.2, -0.15) is 0 Å². The van der Waals surface area contributed by atoms with E-state index in [0.29, 0.717) is 12.3 Å². The third kappa shape index (κ3) is 4.44. The Morgan fingerprint density at radius 1 is 1.29 bits per heavy atom. The SMILES string of the molecule is C=CCn1c(SCC(=O)NC2C=CC(C3CC3)=CC2)nnc1-c1ccccc1. The maximum atomic E-state index is 12.4. The van der Waals surface area contributed by atoms with Crippen molar-refractivity contribution >= 4 is 17.7 Å². The number of rotatable bonds is 8. The Labute approximate surface area is 169 Å². The predicted octanol–water partition coefficient (Wildman–Crippen LogP) is 4.00. The highest BCUT2D eigenvalue weighted by Gasteiger charge is 2.26. The van der Waals surface area contributed by atoms with E-state index in [1.807, 2.05) is 41.0 Å². The number of carbonyl (C=O) groups excluding carboxylic acids is 1. The number of hydrogen-bond acceptors (Lipinski definition) is 4. The standard InChI is InChI=1S/C22H24N4OS/c1-2-14-26-21(18-6-4-3-5-7-18)24-25-22(26)28-15-20(27)23-19-12-10-17(11-13-19)16-8-9-16/h2-7,10-12,16,19H,1,8-9,13-15H2,(H,23,27). The van der Waals surface area contributed by atoms with Crippen LogP contribution in [0.4, 0.5) is 0 Å². The smallest absolute Gasteiger partial charge is 0.230 e. The molecule has 144 valence electrons. The molecule has 1 aromatic heterocycles. The fourth-order valence-corrected chi connectivity index (χ4v) is 4.09. The van der Waals surface area contributed by atoms with Crippen LogP contribution >= 0.6 is 11.8 Å². The van der Waals surface area contributed by atoms with E-state index < -0.39 is 0 Å². The number of nitrogens with zero attached hydrogens (tertiary/aromatic N) is 3. The van der Waals surface area contributed by atoms with Crippen molar-refractivity contribution in [1.29, 1.82) is 0 Å². The van der Waals surface area contributed by atoms with Crippen LogP contribution in [0.25, 0.3) is 11.4 Å². The van der Waals surface area contributed by atoms with Gasteiger partial charge in [0.2, 0.25) is 5.91 Å². The van der Waals surface area contributed by atoms with Crippen LogP contribution in [0.15, 0.2) is 71.9 Å². The molecule has 2 aromatic rings.